The van der Waals surface area contributed by atoms with Crippen LogP contribution in [0, 0.1) is 17.8 Å². The molecule has 9 heteroatoms. The van der Waals surface area contributed by atoms with Crippen LogP contribution in [-0.2, 0) is 6.18 Å². The van der Waals surface area contributed by atoms with Gasteiger partial charge in [0.1, 0.15) is 5.82 Å². The molecular formula is C23H33F3N6. The molecule has 2 heterocycles. The van der Waals surface area contributed by atoms with Crippen LogP contribution in [0.5, 0.6) is 0 Å². The van der Waals surface area contributed by atoms with Crippen LogP contribution in [-0.4, -0.2) is 65.8 Å². The Morgan fingerprint density at radius 2 is 1.81 bits per heavy atom. The SMILES string of the molecule is CC(C)N=C(C=C(N)c1cnc(N)c(C(F)(F)F)c1)C1[C@H]2CC(N3CCN(C)CC3)C[C@@H]12. The molecule has 2 aliphatic carbocycles. The number of allylic oxidation sites excluding steroid dienone is 1. The van der Waals surface area contributed by atoms with E-state index in [4.69, 9.17) is 16.5 Å². The fraction of sp³-hybridized carbons (Fsp3) is 0.652. The number of aliphatic imine (C=N–C) groups is 1. The molecule has 3 aliphatic rings. The average molecular weight is 451 g/mol. The van der Waals surface area contributed by atoms with E-state index in [0.29, 0.717) is 23.8 Å². The van der Waals surface area contributed by atoms with E-state index >= 15 is 0 Å². The summed E-state index contributed by atoms with van der Waals surface area (Å²) in [6.45, 7) is 8.48. The molecule has 4 rings (SSSR count). The van der Waals surface area contributed by atoms with Crippen molar-refractivity contribution in [1.29, 1.82) is 0 Å². The Bertz CT molecular complexity index is 889. The Labute approximate surface area is 187 Å². The number of pyridine rings is 1. The first-order valence-electron chi connectivity index (χ1n) is 11.3. The number of hydrogen-bond acceptors (Lipinski definition) is 6. The van der Waals surface area contributed by atoms with Crippen molar-refractivity contribution in [2.24, 2.45) is 28.5 Å². The topological polar surface area (TPSA) is 83.8 Å². The van der Waals surface area contributed by atoms with Gasteiger partial charge in [-0.25, -0.2) is 4.98 Å². The lowest BCUT2D eigenvalue weighted by molar-refractivity contribution is -0.137. The lowest BCUT2D eigenvalue weighted by Gasteiger charge is -2.37. The van der Waals surface area contributed by atoms with E-state index < -0.39 is 17.6 Å². The molecule has 0 amide bonds. The second-order valence-electron chi connectivity index (χ2n) is 9.72. The number of aromatic nitrogens is 1. The van der Waals surface area contributed by atoms with Gasteiger partial charge in [0.05, 0.1) is 5.56 Å². The molecule has 176 valence electrons. The van der Waals surface area contributed by atoms with Crippen molar-refractivity contribution >= 4 is 17.2 Å². The first kappa shape index (κ1) is 23.0. The highest BCUT2D eigenvalue weighted by Crippen LogP contribution is 2.59. The van der Waals surface area contributed by atoms with Crippen LogP contribution >= 0.6 is 0 Å². The number of alkyl halides is 3. The van der Waals surface area contributed by atoms with Gasteiger partial charge in [0.2, 0.25) is 0 Å². The minimum atomic E-state index is -4.58. The number of rotatable bonds is 5. The van der Waals surface area contributed by atoms with E-state index in [1.807, 2.05) is 13.8 Å². The lowest BCUT2D eigenvalue weighted by Crippen LogP contribution is -2.48. The molecule has 4 N–H and O–H groups in total. The zero-order valence-electron chi connectivity index (χ0n) is 18.9. The summed E-state index contributed by atoms with van der Waals surface area (Å²) in [5.74, 6) is 0.952. The molecule has 2 unspecified atom stereocenters. The number of halogens is 3. The number of likely N-dealkylation sites (N-methyl/N-ethyl adjacent to an activating group) is 1. The summed E-state index contributed by atoms with van der Waals surface area (Å²) in [5, 5.41) is 0. The summed E-state index contributed by atoms with van der Waals surface area (Å²) in [6, 6.07) is 1.68. The maximum absolute atomic E-state index is 13.2. The van der Waals surface area contributed by atoms with Gasteiger partial charge in [-0.1, -0.05) is 0 Å². The van der Waals surface area contributed by atoms with Gasteiger partial charge in [0.15, 0.2) is 0 Å². The Balaban J connectivity index is 1.49. The summed E-state index contributed by atoms with van der Waals surface area (Å²) in [6.07, 6.45) is 0.785. The quantitative estimate of drug-likeness (QED) is 0.674. The molecule has 4 atom stereocenters. The average Bonchev–Trinajstić information content (AvgIpc) is 3.20. The molecular weight excluding hydrogens is 417 g/mol. The first-order valence-corrected chi connectivity index (χ1v) is 11.3. The zero-order valence-corrected chi connectivity index (χ0v) is 18.9. The minimum absolute atomic E-state index is 0.0825. The minimum Gasteiger partial charge on any atom is -0.398 e. The van der Waals surface area contributed by atoms with E-state index in [2.05, 4.69) is 21.8 Å². The predicted molar refractivity (Wildman–Crippen MR) is 121 cm³/mol. The van der Waals surface area contributed by atoms with E-state index in [9.17, 15) is 13.2 Å². The Hall–Kier alpha value is -2.13. The largest absolute Gasteiger partial charge is 0.419 e. The Kier molecular flexibility index (Phi) is 6.24. The molecule has 32 heavy (non-hydrogen) atoms. The zero-order chi connectivity index (χ0) is 23.2. The second kappa shape index (κ2) is 8.67. The first-order chi connectivity index (χ1) is 15.0. The molecule has 1 aromatic rings. The summed E-state index contributed by atoms with van der Waals surface area (Å²) in [5.41, 5.74) is 12.0. The van der Waals surface area contributed by atoms with Crippen molar-refractivity contribution in [1.82, 2.24) is 14.8 Å². The third kappa shape index (κ3) is 4.78. The molecule has 6 nitrogen and oxygen atoms in total. The van der Waals surface area contributed by atoms with Gasteiger partial charge in [0, 0.05) is 67.3 Å². The highest BCUT2D eigenvalue weighted by molar-refractivity contribution is 6.04. The van der Waals surface area contributed by atoms with Crippen molar-refractivity contribution in [3.8, 4) is 0 Å². The summed E-state index contributed by atoms with van der Waals surface area (Å²) < 4.78 is 39.7. The smallest absolute Gasteiger partial charge is 0.398 e. The number of piperazine rings is 1. The van der Waals surface area contributed by atoms with Crippen LogP contribution in [0.4, 0.5) is 19.0 Å². The monoisotopic (exact) mass is 450 g/mol. The van der Waals surface area contributed by atoms with E-state index in [1.165, 1.54) is 6.20 Å². The summed E-state index contributed by atoms with van der Waals surface area (Å²) in [7, 11) is 2.17. The maximum Gasteiger partial charge on any atom is 0.419 e. The number of anilines is 1. The van der Waals surface area contributed by atoms with Crippen molar-refractivity contribution in [3.63, 3.8) is 0 Å². The third-order valence-electron chi connectivity index (χ3n) is 7.08. The van der Waals surface area contributed by atoms with Crippen LogP contribution in [0.25, 0.3) is 5.70 Å². The van der Waals surface area contributed by atoms with Gasteiger partial charge in [-0.15, -0.1) is 0 Å². The Morgan fingerprint density at radius 1 is 1.19 bits per heavy atom. The van der Waals surface area contributed by atoms with Gasteiger partial charge in [-0.05, 0) is 57.7 Å². The molecule has 1 saturated heterocycles. The van der Waals surface area contributed by atoms with Gasteiger partial charge in [-0.2, -0.15) is 13.2 Å². The number of hydrogen-bond donors (Lipinski definition) is 2. The number of nitrogens with zero attached hydrogens (tertiary/aromatic N) is 4. The molecule has 0 aromatic carbocycles. The molecule has 3 fully saturated rings. The highest BCUT2D eigenvalue weighted by Gasteiger charge is 2.58. The molecule has 0 bridgehead atoms. The van der Waals surface area contributed by atoms with Gasteiger partial charge >= 0.3 is 6.18 Å². The van der Waals surface area contributed by atoms with E-state index in [0.717, 1.165) is 50.8 Å². The summed E-state index contributed by atoms with van der Waals surface area (Å²) >= 11 is 0. The fourth-order valence-electron chi connectivity index (χ4n) is 5.36. The fourth-order valence-corrected chi connectivity index (χ4v) is 5.36. The van der Waals surface area contributed by atoms with Gasteiger partial charge in [0.25, 0.3) is 0 Å². The molecule has 1 aromatic heterocycles. The van der Waals surface area contributed by atoms with Crippen molar-refractivity contribution in [2.45, 2.75) is 44.9 Å². The van der Waals surface area contributed by atoms with Crippen LogP contribution < -0.4 is 11.5 Å². The lowest BCUT2D eigenvalue weighted by atomic mass is 10.00. The number of nitrogen functional groups attached to an aromatic ring is 1. The van der Waals surface area contributed by atoms with E-state index in [1.54, 1.807) is 6.08 Å². The standard InChI is InChI=1S/C23H33F3N6/c1-13(2)30-20(11-19(27)14-8-18(23(24,25)26)22(28)29-12-14)21-16-9-15(10-17(16)21)32-6-4-31(3)5-7-32/h8,11-13,15-17,21H,4-7,9-10,27H2,1-3H3,(H2,28,29)/t15?,16-,17+,21?. The third-order valence-corrected chi connectivity index (χ3v) is 7.08. The molecule has 2 saturated carbocycles. The van der Waals surface area contributed by atoms with E-state index in [-0.39, 0.29) is 17.3 Å². The molecule has 1 aliphatic heterocycles. The van der Waals surface area contributed by atoms with Crippen molar-refractivity contribution < 1.29 is 13.2 Å². The normalized spacial score (nSPS) is 30.1. The van der Waals surface area contributed by atoms with Gasteiger partial charge in [-0.3, -0.25) is 9.89 Å². The molecule has 0 spiro atoms. The molecule has 0 radical (unpaired) electrons. The van der Waals surface area contributed by atoms with Crippen LogP contribution in [0.3, 0.4) is 0 Å². The van der Waals surface area contributed by atoms with Crippen molar-refractivity contribution in [2.75, 3.05) is 39.0 Å². The van der Waals surface area contributed by atoms with Crippen LogP contribution in [0.1, 0.15) is 37.8 Å². The number of nitrogens with two attached hydrogens (primary N) is 2. The Morgan fingerprint density at radius 3 is 2.38 bits per heavy atom. The van der Waals surface area contributed by atoms with Crippen molar-refractivity contribution in [3.05, 3.63) is 29.5 Å². The number of fused-ring (bicyclic) bond motifs is 1. The summed E-state index contributed by atoms with van der Waals surface area (Å²) in [4.78, 5) is 13.5. The second-order valence-corrected chi connectivity index (χ2v) is 9.72. The maximum atomic E-state index is 13.2. The van der Waals surface area contributed by atoms with Gasteiger partial charge < -0.3 is 16.4 Å². The van der Waals surface area contributed by atoms with Crippen LogP contribution in [0.2, 0.25) is 0 Å². The predicted octanol–water partition coefficient (Wildman–Crippen LogP) is 3.10. The highest BCUT2D eigenvalue weighted by atomic mass is 19.4. The van der Waals surface area contributed by atoms with Crippen LogP contribution in [0.15, 0.2) is 23.3 Å².